The summed E-state index contributed by atoms with van der Waals surface area (Å²) < 4.78 is 37.4. The maximum absolute atomic E-state index is 12.3. The SMILES string of the molecule is FC(F)(F)C1=C[C@H]2NN=N[C@H]2C(Br)=C1. The smallest absolute Gasteiger partial charge is 0.282 e. The molecule has 1 aliphatic heterocycles. The van der Waals surface area contributed by atoms with Crippen LogP contribution < -0.4 is 5.43 Å². The van der Waals surface area contributed by atoms with Gasteiger partial charge in [-0.25, -0.2) is 0 Å². The van der Waals surface area contributed by atoms with Crippen LogP contribution in [0.5, 0.6) is 0 Å². The predicted octanol–water partition coefficient (Wildman–Crippen LogP) is 2.48. The quantitative estimate of drug-likeness (QED) is 0.719. The number of rotatable bonds is 0. The van der Waals surface area contributed by atoms with Crippen LogP contribution in [0.15, 0.2) is 32.5 Å². The van der Waals surface area contributed by atoms with Gasteiger partial charge in [-0.2, -0.15) is 18.3 Å². The van der Waals surface area contributed by atoms with Crippen molar-refractivity contribution in [3.05, 3.63) is 22.2 Å². The van der Waals surface area contributed by atoms with Gasteiger partial charge < -0.3 is 0 Å². The van der Waals surface area contributed by atoms with Crippen LogP contribution in [0, 0.1) is 0 Å². The van der Waals surface area contributed by atoms with E-state index in [9.17, 15) is 13.2 Å². The summed E-state index contributed by atoms with van der Waals surface area (Å²) in [5.41, 5.74) is 1.83. The van der Waals surface area contributed by atoms with Crippen LogP contribution in [-0.4, -0.2) is 18.3 Å². The Labute approximate surface area is 85.9 Å². The van der Waals surface area contributed by atoms with Gasteiger partial charge in [-0.15, -0.1) is 0 Å². The second-order valence-electron chi connectivity index (χ2n) is 2.96. The number of hydrogen-bond acceptors (Lipinski definition) is 3. The highest BCUT2D eigenvalue weighted by Gasteiger charge is 2.39. The minimum Gasteiger partial charge on any atom is -0.282 e. The van der Waals surface area contributed by atoms with Gasteiger partial charge >= 0.3 is 6.18 Å². The molecule has 0 aromatic rings. The Hall–Kier alpha value is -0.850. The molecule has 1 aliphatic carbocycles. The predicted molar refractivity (Wildman–Crippen MR) is 46.7 cm³/mol. The Bertz CT molecular complexity index is 345. The van der Waals surface area contributed by atoms with Crippen molar-refractivity contribution in [2.24, 2.45) is 10.3 Å². The molecule has 2 atom stereocenters. The van der Waals surface area contributed by atoms with Gasteiger partial charge in [0.05, 0.1) is 11.6 Å². The van der Waals surface area contributed by atoms with Crippen LogP contribution in [-0.2, 0) is 0 Å². The van der Waals surface area contributed by atoms with E-state index in [2.05, 4.69) is 31.7 Å². The molecule has 7 heteroatoms. The zero-order chi connectivity index (χ0) is 10.3. The Kier molecular flexibility index (Phi) is 2.13. The third-order valence-electron chi connectivity index (χ3n) is 1.99. The number of nitrogens with one attached hydrogen (secondary N) is 1. The van der Waals surface area contributed by atoms with Crippen molar-refractivity contribution in [2.45, 2.75) is 18.3 Å². The Morgan fingerprint density at radius 2 is 2.14 bits per heavy atom. The van der Waals surface area contributed by atoms with E-state index >= 15 is 0 Å². The van der Waals surface area contributed by atoms with E-state index in [4.69, 9.17) is 0 Å². The number of alkyl halides is 3. The third-order valence-corrected chi connectivity index (χ3v) is 2.69. The molecule has 0 spiro atoms. The third kappa shape index (κ3) is 1.56. The molecule has 0 aromatic carbocycles. The van der Waals surface area contributed by atoms with E-state index < -0.39 is 17.8 Å². The summed E-state index contributed by atoms with van der Waals surface area (Å²) in [7, 11) is 0. The van der Waals surface area contributed by atoms with Crippen molar-refractivity contribution in [2.75, 3.05) is 0 Å². The highest BCUT2D eigenvalue weighted by atomic mass is 79.9. The van der Waals surface area contributed by atoms with Crippen LogP contribution in [0.3, 0.4) is 0 Å². The fraction of sp³-hybridized carbons (Fsp3) is 0.429. The number of halogens is 4. The molecule has 0 fully saturated rings. The molecule has 0 bridgehead atoms. The highest BCUT2D eigenvalue weighted by molar-refractivity contribution is 9.11. The molecule has 0 saturated heterocycles. The number of nitrogens with zero attached hydrogens (tertiary/aromatic N) is 2. The van der Waals surface area contributed by atoms with E-state index in [0.29, 0.717) is 4.48 Å². The lowest BCUT2D eigenvalue weighted by atomic mass is 9.99. The zero-order valence-electron chi connectivity index (χ0n) is 6.72. The van der Waals surface area contributed by atoms with Crippen molar-refractivity contribution in [1.82, 2.24) is 5.43 Å². The Balaban J connectivity index is 2.32. The van der Waals surface area contributed by atoms with Crippen LogP contribution in [0.1, 0.15) is 0 Å². The van der Waals surface area contributed by atoms with E-state index in [1.54, 1.807) is 0 Å². The maximum Gasteiger partial charge on any atom is 0.416 e. The van der Waals surface area contributed by atoms with E-state index in [-0.39, 0.29) is 6.04 Å². The highest BCUT2D eigenvalue weighted by Crippen LogP contribution is 2.35. The van der Waals surface area contributed by atoms with Gasteiger partial charge in [-0.1, -0.05) is 21.2 Å². The standard InChI is InChI=1S/C7H5BrF3N3/c8-4-1-3(7(9,10)11)2-5-6(4)13-14-12-5/h1-2,5-6H,(H,12,13)/t5-,6+/m1/s1. The van der Waals surface area contributed by atoms with Gasteiger partial charge in [-0.3, -0.25) is 5.43 Å². The van der Waals surface area contributed by atoms with Crippen molar-refractivity contribution >= 4 is 15.9 Å². The lowest BCUT2D eigenvalue weighted by Crippen LogP contribution is -2.33. The van der Waals surface area contributed by atoms with Gasteiger partial charge in [0.1, 0.15) is 6.04 Å². The summed E-state index contributed by atoms with van der Waals surface area (Å²) in [6.07, 6.45) is -2.20. The van der Waals surface area contributed by atoms with Crippen molar-refractivity contribution in [3.8, 4) is 0 Å². The number of hydrogen-bond donors (Lipinski definition) is 1. The Morgan fingerprint density at radius 3 is 2.79 bits per heavy atom. The molecule has 14 heavy (non-hydrogen) atoms. The second kappa shape index (κ2) is 3.08. The first-order valence-corrected chi connectivity index (χ1v) is 4.59. The lowest BCUT2D eigenvalue weighted by molar-refractivity contribution is -0.0888. The maximum atomic E-state index is 12.3. The van der Waals surface area contributed by atoms with Crippen molar-refractivity contribution in [1.29, 1.82) is 0 Å². The van der Waals surface area contributed by atoms with Gasteiger partial charge in [0, 0.05) is 4.48 Å². The summed E-state index contributed by atoms with van der Waals surface area (Å²) >= 11 is 3.05. The minimum absolute atomic E-state index is 0.360. The fourth-order valence-corrected chi connectivity index (χ4v) is 1.93. The van der Waals surface area contributed by atoms with Crippen molar-refractivity contribution < 1.29 is 13.2 Å². The first kappa shape index (κ1) is 9.70. The average molecular weight is 268 g/mol. The molecule has 0 unspecified atom stereocenters. The van der Waals surface area contributed by atoms with Gasteiger partial charge in [-0.05, 0) is 12.2 Å². The van der Waals surface area contributed by atoms with Gasteiger partial charge in [0.2, 0.25) is 0 Å². The molecular formula is C7H5BrF3N3. The number of allylic oxidation sites excluding steroid dienone is 2. The largest absolute Gasteiger partial charge is 0.416 e. The molecule has 2 rings (SSSR count). The first-order valence-electron chi connectivity index (χ1n) is 3.80. The van der Waals surface area contributed by atoms with Crippen LogP contribution in [0.4, 0.5) is 13.2 Å². The molecule has 1 N–H and O–H groups in total. The first-order chi connectivity index (χ1) is 6.48. The van der Waals surface area contributed by atoms with E-state index in [0.717, 1.165) is 12.2 Å². The van der Waals surface area contributed by atoms with Gasteiger partial charge in [0.25, 0.3) is 0 Å². The normalized spacial score (nSPS) is 30.6. The summed E-state index contributed by atoms with van der Waals surface area (Å²) in [4.78, 5) is 0. The molecule has 76 valence electrons. The summed E-state index contributed by atoms with van der Waals surface area (Å²) in [6.45, 7) is 0. The van der Waals surface area contributed by atoms with Crippen LogP contribution in [0.25, 0.3) is 0 Å². The van der Waals surface area contributed by atoms with Crippen molar-refractivity contribution in [3.63, 3.8) is 0 Å². The number of fused-ring (bicyclic) bond motifs is 1. The topological polar surface area (TPSA) is 36.8 Å². The summed E-state index contributed by atoms with van der Waals surface area (Å²) in [5.74, 6) is 0. The monoisotopic (exact) mass is 267 g/mol. The van der Waals surface area contributed by atoms with E-state index in [1.165, 1.54) is 0 Å². The summed E-state index contributed by atoms with van der Waals surface area (Å²) in [5, 5.41) is 7.23. The van der Waals surface area contributed by atoms with Crippen LogP contribution >= 0.6 is 15.9 Å². The molecule has 0 amide bonds. The zero-order valence-corrected chi connectivity index (χ0v) is 8.30. The molecule has 2 aliphatic rings. The summed E-state index contributed by atoms with van der Waals surface area (Å²) in [6, 6.07) is -0.855. The fourth-order valence-electron chi connectivity index (χ4n) is 1.31. The lowest BCUT2D eigenvalue weighted by Gasteiger charge is -2.20. The molecule has 1 heterocycles. The molecule has 3 nitrogen and oxygen atoms in total. The molecule has 0 radical (unpaired) electrons. The average Bonchev–Trinajstić information content (AvgIpc) is 2.50. The Morgan fingerprint density at radius 1 is 1.43 bits per heavy atom. The molecular weight excluding hydrogens is 263 g/mol. The second-order valence-corrected chi connectivity index (χ2v) is 3.88. The molecule has 0 saturated carbocycles. The minimum atomic E-state index is -4.33. The molecule has 0 aromatic heterocycles. The van der Waals surface area contributed by atoms with E-state index in [1.807, 2.05) is 0 Å². The van der Waals surface area contributed by atoms with Crippen LogP contribution in [0.2, 0.25) is 0 Å². The van der Waals surface area contributed by atoms with Gasteiger partial charge in [0.15, 0.2) is 0 Å².